The Labute approximate surface area is 125 Å². The van der Waals surface area contributed by atoms with Gasteiger partial charge in [0.15, 0.2) is 0 Å². The fourth-order valence-electron chi connectivity index (χ4n) is 1.59. The second-order valence-corrected chi connectivity index (χ2v) is 5.76. The average molecular weight is 346 g/mol. The van der Waals surface area contributed by atoms with Gasteiger partial charge in [-0.15, -0.1) is 0 Å². The van der Waals surface area contributed by atoms with Gasteiger partial charge in [0.1, 0.15) is 0 Å². The van der Waals surface area contributed by atoms with Gasteiger partial charge in [0.05, 0.1) is 5.56 Å². The molecular weight excluding hydrogens is 332 g/mol. The van der Waals surface area contributed by atoms with Crippen LogP contribution in [-0.2, 0) is 4.79 Å². The van der Waals surface area contributed by atoms with E-state index in [1.165, 1.54) is 0 Å². The van der Waals surface area contributed by atoms with Gasteiger partial charge in [0.2, 0.25) is 5.91 Å². The Morgan fingerprint density at radius 2 is 2.11 bits per heavy atom. The lowest BCUT2D eigenvalue weighted by molar-refractivity contribution is -0.121. The normalized spacial score (nSPS) is 14.0. The molecular formula is C13H14BrClN2O2. The molecule has 0 spiro atoms. The van der Waals surface area contributed by atoms with Gasteiger partial charge in [-0.25, -0.2) is 0 Å². The number of benzene rings is 1. The maximum absolute atomic E-state index is 11.9. The molecule has 0 aliphatic heterocycles. The van der Waals surface area contributed by atoms with Crippen LogP contribution in [0.1, 0.15) is 29.6 Å². The van der Waals surface area contributed by atoms with Crippen LogP contribution in [0.2, 0.25) is 5.02 Å². The Bertz CT molecular complexity index is 503. The maximum atomic E-state index is 11.9. The van der Waals surface area contributed by atoms with E-state index in [1.807, 2.05) is 0 Å². The summed E-state index contributed by atoms with van der Waals surface area (Å²) in [6.45, 7) is 0.326. The Hall–Kier alpha value is -1.07. The van der Waals surface area contributed by atoms with Crippen molar-refractivity contribution < 1.29 is 9.59 Å². The molecule has 0 saturated heterocycles. The molecule has 19 heavy (non-hydrogen) atoms. The van der Waals surface area contributed by atoms with Gasteiger partial charge in [0.25, 0.3) is 5.91 Å². The molecule has 2 rings (SSSR count). The van der Waals surface area contributed by atoms with Crippen molar-refractivity contribution in [1.82, 2.24) is 10.6 Å². The van der Waals surface area contributed by atoms with Gasteiger partial charge in [0, 0.05) is 28.5 Å². The van der Waals surface area contributed by atoms with Crippen molar-refractivity contribution in [3.8, 4) is 0 Å². The Morgan fingerprint density at radius 3 is 2.74 bits per heavy atom. The lowest BCUT2D eigenvalue weighted by Gasteiger charge is -2.07. The quantitative estimate of drug-likeness (QED) is 0.861. The van der Waals surface area contributed by atoms with Crippen molar-refractivity contribution in [2.75, 3.05) is 6.54 Å². The van der Waals surface area contributed by atoms with Crippen LogP contribution in [0.4, 0.5) is 0 Å². The van der Waals surface area contributed by atoms with Crippen LogP contribution in [0, 0.1) is 0 Å². The van der Waals surface area contributed by atoms with E-state index < -0.39 is 0 Å². The fraction of sp³-hybridized carbons (Fsp3) is 0.385. The number of hydrogen-bond acceptors (Lipinski definition) is 2. The van der Waals surface area contributed by atoms with Crippen LogP contribution in [-0.4, -0.2) is 24.4 Å². The minimum absolute atomic E-state index is 0.0158. The zero-order chi connectivity index (χ0) is 13.8. The molecule has 6 heteroatoms. The van der Waals surface area contributed by atoms with E-state index in [2.05, 4.69) is 26.6 Å². The molecule has 0 atom stereocenters. The molecule has 0 aromatic heterocycles. The van der Waals surface area contributed by atoms with Gasteiger partial charge in [-0.2, -0.15) is 0 Å². The van der Waals surface area contributed by atoms with Gasteiger partial charge >= 0.3 is 0 Å². The molecule has 4 nitrogen and oxygen atoms in total. The molecule has 1 aliphatic carbocycles. The van der Waals surface area contributed by atoms with E-state index in [9.17, 15) is 9.59 Å². The standard InChI is InChI=1S/C13H14BrClN2O2/c14-11-7-8(15)1-4-10(11)13(19)16-6-5-12(18)17-9-2-3-9/h1,4,7,9H,2-3,5-6H2,(H,16,19)(H,17,18). The van der Waals surface area contributed by atoms with Crippen LogP contribution in [0.3, 0.4) is 0 Å². The summed E-state index contributed by atoms with van der Waals surface area (Å²) in [7, 11) is 0. The van der Waals surface area contributed by atoms with Crippen molar-refractivity contribution in [2.24, 2.45) is 0 Å². The first-order chi connectivity index (χ1) is 9.06. The Kier molecular flexibility index (Phi) is 4.82. The lowest BCUT2D eigenvalue weighted by atomic mass is 10.2. The summed E-state index contributed by atoms with van der Waals surface area (Å²) in [5.74, 6) is -0.235. The average Bonchev–Trinajstić information content (AvgIpc) is 3.12. The topological polar surface area (TPSA) is 58.2 Å². The zero-order valence-corrected chi connectivity index (χ0v) is 12.6. The zero-order valence-electron chi connectivity index (χ0n) is 10.2. The summed E-state index contributed by atoms with van der Waals surface area (Å²) in [6.07, 6.45) is 2.43. The summed E-state index contributed by atoms with van der Waals surface area (Å²) < 4.78 is 0.639. The molecule has 1 aromatic carbocycles. The van der Waals surface area contributed by atoms with Gasteiger partial charge in [-0.3, -0.25) is 9.59 Å². The molecule has 1 fully saturated rings. The van der Waals surface area contributed by atoms with Crippen LogP contribution in [0.5, 0.6) is 0 Å². The van der Waals surface area contributed by atoms with E-state index in [0.717, 1.165) is 12.8 Å². The first kappa shape index (κ1) is 14.3. The number of carbonyl (C=O) groups excluding carboxylic acids is 2. The largest absolute Gasteiger partial charge is 0.353 e. The summed E-state index contributed by atoms with van der Waals surface area (Å²) >= 11 is 9.09. The minimum Gasteiger partial charge on any atom is -0.353 e. The molecule has 0 bridgehead atoms. The first-order valence-corrected chi connectivity index (χ1v) is 7.26. The maximum Gasteiger partial charge on any atom is 0.252 e. The number of rotatable bonds is 5. The molecule has 1 aromatic rings. The van der Waals surface area contributed by atoms with Gasteiger partial charge in [-0.05, 0) is 47.0 Å². The van der Waals surface area contributed by atoms with Gasteiger partial charge in [-0.1, -0.05) is 11.6 Å². The number of nitrogens with one attached hydrogen (secondary N) is 2. The fourth-order valence-corrected chi connectivity index (χ4v) is 2.45. The van der Waals surface area contributed by atoms with E-state index in [1.54, 1.807) is 18.2 Å². The third-order valence-corrected chi connectivity index (χ3v) is 3.65. The van der Waals surface area contributed by atoms with Gasteiger partial charge < -0.3 is 10.6 Å². The molecule has 2 N–H and O–H groups in total. The van der Waals surface area contributed by atoms with E-state index in [0.29, 0.717) is 34.1 Å². The molecule has 102 valence electrons. The number of amides is 2. The summed E-state index contributed by atoms with van der Waals surface area (Å²) in [5, 5.41) is 6.14. The number of carbonyl (C=O) groups is 2. The Balaban J connectivity index is 1.78. The number of hydrogen-bond donors (Lipinski definition) is 2. The van der Waals surface area contributed by atoms with Crippen molar-refractivity contribution in [1.29, 1.82) is 0 Å². The molecule has 0 radical (unpaired) electrons. The highest BCUT2D eigenvalue weighted by Crippen LogP contribution is 2.21. The van der Waals surface area contributed by atoms with E-state index in [4.69, 9.17) is 11.6 Å². The predicted octanol–water partition coefficient (Wildman–Crippen LogP) is 2.50. The van der Waals surface area contributed by atoms with Crippen LogP contribution < -0.4 is 10.6 Å². The summed E-state index contributed by atoms with van der Waals surface area (Å²) in [4.78, 5) is 23.3. The van der Waals surface area contributed by atoms with Crippen LogP contribution >= 0.6 is 27.5 Å². The lowest BCUT2D eigenvalue weighted by Crippen LogP contribution is -2.31. The third-order valence-electron chi connectivity index (χ3n) is 2.76. The van der Waals surface area contributed by atoms with Crippen molar-refractivity contribution >= 4 is 39.3 Å². The SMILES string of the molecule is O=C(CCNC(=O)c1ccc(Cl)cc1Br)NC1CC1. The van der Waals surface area contributed by atoms with Crippen molar-refractivity contribution in [3.63, 3.8) is 0 Å². The highest BCUT2D eigenvalue weighted by atomic mass is 79.9. The minimum atomic E-state index is -0.220. The molecule has 2 amide bonds. The predicted molar refractivity (Wildman–Crippen MR) is 77.3 cm³/mol. The second-order valence-electron chi connectivity index (χ2n) is 4.47. The summed E-state index contributed by atoms with van der Waals surface area (Å²) in [6, 6.07) is 5.32. The number of halogens is 2. The molecule has 0 heterocycles. The highest BCUT2D eigenvalue weighted by molar-refractivity contribution is 9.10. The monoisotopic (exact) mass is 344 g/mol. The van der Waals surface area contributed by atoms with Crippen LogP contribution in [0.15, 0.2) is 22.7 Å². The molecule has 1 saturated carbocycles. The molecule has 1 aliphatic rings. The van der Waals surface area contributed by atoms with Crippen molar-refractivity contribution in [2.45, 2.75) is 25.3 Å². The summed E-state index contributed by atoms with van der Waals surface area (Å²) in [5.41, 5.74) is 0.506. The third kappa shape index (κ3) is 4.51. The van der Waals surface area contributed by atoms with Crippen molar-refractivity contribution in [3.05, 3.63) is 33.3 Å². The van der Waals surface area contributed by atoms with E-state index >= 15 is 0 Å². The highest BCUT2D eigenvalue weighted by Gasteiger charge is 2.22. The smallest absolute Gasteiger partial charge is 0.252 e. The molecule has 0 unspecified atom stereocenters. The van der Waals surface area contributed by atoms with Crippen LogP contribution in [0.25, 0.3) is 0 Å². The first-order valence-electron chi connectivity index (χ1n) is 6.09. The second kappa shape index (κ2) is 6.39. The Morgan fingerprint density at radius 1 is 1.37 bits per heavy atom. The van der Waals surface area contributed by atoms with E-state index in [-0.39, 0.29) is 11.8 Å².